The van der Waals surface area contributed by atoms with Gasteiger partial charge in [0.25, 0.3) is 5.92 Å². The van der Waals surface area contributed by atoms with Gasteiger partial charge >= 0.3 is 0 Å². The first-order valence-corrected chi connectivity index (χ1v) is 23.3. The number of hydrogen-bond donors (Lipinski definition) is 4. The highest BCUT2D eigenvalue weighted by molar-refractivity contribution is 5.79. The second kappa shape index (κ2) is 20.0. The van der Waals surface area contributed by atoms with E-state index in [0.717, 1.165) is 81.4 Å². The number of anilines is 6. The summed E-state index contributed by atoms with van der Waals surface area (Å²) in [6, 6.07) is 28.5. The van der Waals surface area contributed by atoms with Gasteiger partial charge in [-0.3, -0.25) is 18.7 Å². The van der Waals surface area contributed by atoms with E-state index >= 15 is 0 Å². The van der Waals surface area contributed by atoms with Crippen LogP contribution in [-0.4, -0.2) is 90.1 Å². The molecule has 2 aromatic carbocycles. The van der Waals surface area contributed by atoms with Crippen LogP contribution >= 0.6 is 0 Å². The number of nitrogens with one attached hydrogen (secondary N) is 4. The Kier molecular flexibility index (Phi) is 13.4. The van der Waals surface area contributed by atoms with Crippen molar-refractivity contribution in [2.75, 3.05) is 59.7 Å². The molecule has 0 spiro atoms. The fourth-order valence-corrected chi connectivity index (χ4v) is 9.47. The predicted molar refractivity (Wildman–Crippen MR) is 262 cm³/mol. The molecule has 0 bridgehead atoms. The molecular formula is C51H58F2N12O. The van der Waals surface area contributed by atoms with Crippen LogP contribution in [0.3, 0.4) is 0 Å². The molecule has 8 aromatic rings. The third-order valence-electron chi connectivity index (χ3n) is 12.8. The zero-order chi connectivity index (χ0) is 45.5. The van der Waals surface area contributed by atoms with E-state index in [1.807, 2.05) is 91.7 Å². The van der Waals surface area contributed by atoms with Crippen LogP contribution in [0, 0.1) is 0 Å². The zero-order valence-corrected chi connectivity index (χ0v) is 37.6. The SMILES string of the molecule is CC.O=c1cc(-c2ccc(Nc3ccc(N4CCCC(F)(F)C4)cc3)c3nccn23)cc[nH]1.c1cn2c(-c3cn[nH]c3)ccc(Nc3ccc(N4CCC(N5CCCCC5)CC4)cc3)c2n1. The number of aromatic amines is 2. The molecule has 15 heteroatoms. The van der Waals surface area contributed by atoms with Gasteiger partial charge in [-0.05, 0) is 124 Å². The van der Waals surface area contributed by atoms with Gasteiger partial charge in [-0.2, -0.15) is 5.10 Å². The number of rotatable bonds is 9. The number of hydrogen-bond acceptors (Lipinski definition) is 9. The molecule has 4 N–H and O–H groups in total. The summed E-state index contributed by atoms with van der Waals surface area (Å²) >= 11 is 0. The van der Waals surface area contributed by atoms with Crippen molar-refractivity contribution in [3.63, 3.8) is 0 Å². The number of pyridine rings is 3. The molecule has 0 atom stereocenters. The Bertz CT molecular complexity index is 2860. The number of imidazole rings is 2. The van der Waals surface area contributed by atoms with Crippen molar-refractivity contribution in [2.24, 2.45) is 0 Å². The first-order valence-electron chi connectivity index (χ1n) is 23.3. The summed E-state index contributed by atoms with van der Waals surface area (Å²) < 4.78 is 31.4. The van der Waals surface area contributed by atoms with Crippen LogP contribution in [0.25, 0.3) is 33.8 Å². The van der Waals surface area contributed by atoms with E-state index in [-0.39, 0.29) is 18.5 Å². The van der Waals surface area contributed by atoms with Crippen LogP contribution < -0.4 is 26.0 Å². The smallest absolute Gasteiger partial charge is 0.265 e. The fraction of sp³-hybridized carbons (Fsp3) is 0.333. The van der Waals surface area contributed by atoms with E-state index in [1.54, 1.807) is 23.4 Å². The monoisotopic (exact) mass is 892 g/mol. The second-order valence-corrected chi connectivity index (χ2v) is 17.0. The zero-order valence-electron chi connectivity index (χ0n) is 37.6. The summed E-state index contributed by atoms with van der Waals surface area (Å²) in [6.07, 6.45) is 19.9. The second-order valence-electron chi connectivity index (χ2n) is 17.0. The van der Waals surface area contributed by atoms with Crippen LogP contribution in [0.1, 0.15) is 58.8 Å². The average Bonchev–Trinajstić information content (AvgIpc) is 4.18. The van der Waals surface area contributed by atoms with Crippen molar-refractivity contribution < 1.29 is 8.78 Å². The topological polar surface area (TPSA) is 130 Å². The van der Waals surface area contributed by atoms with Crippen LogP contribution in [0.15, 0.2) is 133 Å². The van der Waals surface area contributed by atoms with E-state index in [1.165, 1.54) is 50.9 Å². The van der Waals surface area contributed by atoms with Crippen molar-refractivity contribution in [1.82, 2.24) is 38.9 Å². The lowest BCUT2D eigenvalue weighted by molar-refractivity contribution is -0.0116. The van der Waals surface area contributed by atoms with Crippen molar-refractivity contribution in [3.8, 4) is 22.5 Å². The number of H-pyrrole nitrogens is 2. The molecule has 0 amide bonds. The summed E-state index contributed by atoms with van der Waals surface area (Å²) in [5.41, 5.74) is 11.0. The molecule has 3 fully saturated rings. The number of fused-ring (bicyclic) bond motifs is 2. The van der Waals surface area contributed by atoms with Crippen LogP contribution in [0.4, 0.5) is 42.9 Å². The minimum Gasteiger partial charge on any atom is -0.371 e. The molecule has 342 valence electrons. The largest absolute Gasteiger partial charge is 0.371 e. The molecular weight excluding hydrogens is 835 g/mol. The highest BCUT2D eigenvalue weighted by Gasteiger charge is 2.35. The standard InChI is InChI=1S/C26H31N7.C23H21F2N5O.C2H6/c1-2-13-31(14-3-1)23-10-15-32(16-11-23)22-6-4-21(5-7-22)30-24-8-9-25(20-18-28-29-19-20)33-17-12-27-26(24)33;24-23(25)9-1-12-29(15-23)18-4-2-17(3-5-18)28-19-6-7-20(30-13-11-27-22(19)30)16-8-10-26-21(31)14-16;1-2/h4-9,12,17-19,23,30H,1-3,10-11,13-16H2,(H,28,29);2-8,10-11,13-14,28H,1,9,12,15H2,(H,26,31);1-2H3. The van der Waals surface area contributed by atoms with Gasteiger partial charge in [0, 0.05) is 109 Å². The summed E-state index contributed by atoms with van der Waals surface area (Å²) in [7, 11) is 0. The number of aromatic nitrogens is 7. The highest BCUT2D eigenvalue weighted by Crippen LogP contribution is 2.33. The fourth-order valence-electron chi connectivity index (χ4n) is 9.47. The van der Waals surface area contributed by atoms with Gasteiger partial charge < -0.3 is 30.3 Å². The molecule has 13 nitrogen and oxygen atoms in total. The van der Waals surface area contributed by atoms with E-state index < -0.39 is 5.92 Å². The molecule has 11 rings (SSSR count). The highest BCUT2D eigenvalue weighted by atomic mass is 19.3. The number of halogens is 2. The normalized spacial score (nSPS) is 16.6. The number of alkyl halides is 2. The Morgan fingerprint density at radius 2 is 1.26 bits per heavy atom. The summed E-state index contributed by atoms with van der Waals surface area (Å²) in [5, 5.41) is 13.9. The average molecular weight is 893 g/mol. The molecule has 0 radical (unpaired) electrons. The Balaban J connectivity index is 0.000000160. The Morgan fingerprint density at radius 3 is 1.82 bits per heavy atom. The minimum absolute atomic E-state index is 0.0448. The van der Waals surface area contributed by atoms with Crippen LogP contribution in [0.5, 0.6) is 0 Å². The molecule has 3 aliphatic rings. The first-order chi connectivity index (χ1) is 32.3. The number of likely N-dealkylation sites (tertiary alicyclic amines) is 1. The van der Waals surface area contributed by atoms with Gasteiger partial charge in [0.2, 0.25) is 5.56 Å². The lowest BCUT2D eigenvalue weighted by Crippen LogP contribution is -2.46. The molecule has 3 aliphatic heterocycles. The first kappa shape index (κ1) is 44.2. The van der Waals surface area contributed by atoms with Gasteiger partial charge in [-0.15, -0.1) is 0 Å². The van der Waals surface area contributed by atoms with Crippen LogP contribution in [0.2, 0.25) is 0 Å². The Hall–Kier alpha value is -7.00. The van der Waals surface area contributed by atoms with Crippen molar-refractivity contribution in [3.05, 3.63) is 139 Å². The lowest BCUT2D eigenvalue weighted by Gasteiger charge is -2.41. The van der Waals surface area contributed by atoms with Crippen molar-refractivity contribution in [2.45, 2.75) is 70.8 Å². The summed E-state index contributed by atoms with van der Waals surface area (Å²) in [6.45, 7) is 9.31. The third-order valence-corrected chi connectivity index (χ3v) is 12.8. The van der Waals surface area contributed by atoms with Gasteiger partial charge in [0.05, 0.1) is 35.5 Å². The van der Waals surface area contributed by atoms with E-state index in [4.69, 9.17) is 0 Å². The van der Waals surface area contributed by atoms with E-state index in [9.17, 15) is 13.6 Å². The maximum absolute atomic E-state index is 13.7. The van der Waals surface area contributed by atoms with Gasteiger partial charge in [-0.25, -0.2) is 18.7 Å². The maximum atomic E-state index is 13.7. The molecule has 3 saturated heterocycles. The number of benzene rings is 2. The van der Waals surface area contributed by atoms with Crippen molar-refractivity contribution >= 4 is 45.4 Å². The van der Waals surface area contributed by atoms with E-state index in [2.05, 4.69) is 86.4 Å². The van der Waals surface area contributed by atoms with Gasteiger partial charge in [0.1, 0.15) is 0 Å². The van der Waals surface area contributed by atoms with Crippen molar-refractivity contribution in [1.29, 1.82) is 0 Å². The minimum atomic E-state index is -2.63. The lowest BCUT2D eigenvalue weighted by atomic mass is 9.99. The van der Waals surface area contributed by atoms with Crippen LogP contribution in [-0.2, 0) is 0 Å². The number of nitrogens with zero attached hydrogens (tertiary/aromatic N) is 8. The quantitative estimate of drug-likeness (QED) is 0.112. The maximum Gasteiger partial charge on any atom is 0.265 e. The molecule has 9 heterocycles. The third kappa shape index (κ3) is 9.96. The van der Waals surface area contributed by atoms with E-state index in [0.29, 0.717) is 13.0 Å². The summed E-state index contributed by atoms with van der Waals surface area (Å²) in [4.78, 5) is 30.3. The molecule has 0 aliphatic carbocycles. The molecule has 66 heavy (non-hydrogen) atoms. The van der Waals surface area contributed by atoms with Gasteiger partial charge in [0.15, 0.2) is 11.3 Å². The van der Waals surface area contributed by atoms with Gasteiger partial charge in [-0.1, -0.05) is 20.3 Å². The molecule has 0 unspecified atom stereocenters. The number of piperidine rings is 3. The Morgan fingerprint density at radius 1 is 0.667 bits per heavy atom. The predicted octanol–water partition coefficient (Wildman–Crippen LogP) is 10.6. The molecule has 0 saturated carbocycles. The Labute approximate surface area is 383 Å². The summed E-state index contributed by atoms with van der Waals surface area (Å²) in [5.74, 6) is -2.63. The molecule has 6 aromatic heterocycles.